The first-order valence-electron chi connectivity index (χ1n) is 6.85. The van der Waals surface area contributed by atoms with Crippen molar-refractivity contribution in [1.29, 1.82) is 0 Å². The molecule has 1 aromatic rings. The quantitative estimate of drug-likeness (QED) is 0.665. The van der Waals surface area contributed by atoms with Crippen molar-refractivity contribution >= 4 is 11.9 Å². The van der Waals surface area contributed by atoms with Crippen LogP contribution in [0.5, 0.6) is 0 Å². The van der Waals surface area contributed by atoms with E-state index in [4.69, 9.17) is 0 Å². The number of carbonyl (C=O) groups is 2. The van der Waals surface area contributed by atoms with Crippen molar-refractivity contribution in [3.63, 3.8) is 0 Å². The maximum atomic E-state index is 11.8. The molecule has 0 radical (unpaired) electrons. The van der Waals surface area contributed by atoms with Crippen LogP contribution in [0.15, 0.2) is 24.3 Å². The van der Waals surface area contributed by atoms with E-state index >= 15 is 0 Å². The lowest BCUT2D eigenvalue weighted by Crippen LogP contribution is -2.25. The summed E-state index contributed by atoms with van der Waals surface area (Å²) in [6, 6.07) is 6.58. The molecule has 0 bridgehead atoms. The smallest absolute Gasteiger partial charge is 0.308 e. The van der Waals surface area contributed by atoms with Crippen LogP contribution in [0, 0.1) is 0 Å². The van der Waals surface area contributed by atoms with E-state index in [2.05, 4.69) is 10.1 Å². The summed E-state index contributed by atoms with van der Waals surface area (Å²) in [5.41, 5.74) is 0.940. The predicted molar refractivity (Wildman–Crippen MR) is 74.5 cm³/mol. The van der Waals surface area contributed by atoms with Gasteiger partial charge in [-0.25, -0.2) is 0 Å². The van der Waals surface area contributed by atoms with Crippen molar-refractivity contribution in [3.8, 4) is 0 Å². The second-order valence-electron chi connectivity index (χ2n) is 5.16. The molecule has 0 spiro atoms. The Labute approximate surface area is 122 Å². The summed E-state index contributed by atoms with van der Waals surface area (Å²) < 4.78 is 4.44. The molecule has 0 saturated heterocycles. The molecule has 6 heteroatoms. The summed E-state index contributed by atoms with van der Waals surface area (Å²) in [5, 5.41) is 22.6. The minimum atomic E-state index is -1.25. The molecule has 1 saturated carbocycles. The van der Waals surface area contributed by atoms with E-state index in [0.717, 1.165) is 12.8 Å². The molecule has 114 valence electrons. The largest absolute Gasteiger partial charge is 0.469 e. The number of amides is 1. The zero-order chi connectivity index (χ0) is 15.4. The lowest BCUT2D eigenvalue weighted by atomic mass is 10.0. The Morgan fingerprint density at radius 3 is 2.43 bits per heavy atom. The van der Waals surface area contributed by atoms with E-state index < -0.39 is 18.2 Å². The fraction of sp³-hybridized carbons (Fsp3) is 0.467. The third-order valence-corrected chi connectivity index (χ3v) is 3.39. The Kier molecular flexibility index (Phi) is 4.93. The Balaban J connectivity index is 1.96. The average molecular weight is 293 g/mol. The minimum Gasteiger partial charge on any atom is -0.469 e. The van der Waals surface area contributed by atoms with E-state index in [1.54, 1.807) is 24.3 Å². The van der Waals surface area contributed by atoms with Crippen LogP contribution in [-0.4, -0.2) is 41.3 Å². The monoisotopic (exact) mass is 293 g/mol. The molecule has 0 aromatic heterocycles. The van der Waals surface area contributed by atoms with Crippen LogP contribution in [0.4, 0.5) is 0 Å². The third-order valence-electron chi connectivity index (χ3n) is 3.39. The molecule has 1 aliphatic carbocycles. The first-order valence-corrected chi connectivity index (χ1v) is 6.85. The number of nitrogens with one attached hydrogen (secondary N) is 1. The summed E-state index contributed by atoms with van der Waals surface area (Å²) in [6.45, 7) is 0. The molecule has 1 amide bonds. The summed E-state index contributed by atoms with van der Waals surface area (Å²) in [7, 11) is 1.22. The van der Waals surface area contributed by atoms with E-state index in [-0.39, 0.29) is 18.4 Å². The van der Waals surface area contributed by atoms with Crippen molar-refractivity contribution in [2.24, 2.45) is 0 Å². The van der Waals surface area contributed by atoms with Gasteiger partial charge in [-0.2, -0.15) is 0 Å². The van der Waals surface area contributed by atoms with Gasteiger partial charge in [-0.3, -0.25) is 9.59 Å². The van der Waals surface area contributed by atoms with Gasteiger partial charge in [0.15, 0.2) is 0 Å². The molecule has 0 heterocycles. The van der Waals surface area contributed by atoms with Gasteiger partial charge in [0.1, 0.15) is 6.10 Å². The van der Waals surface area contributed by atoms with E-state index in [1.165, 1.54) is 7.11 Å². The number of ether oxygens (including phenoxy) is 1. The van der Waals surface area contributed by atoms with E-state index in [1.807, 2.05) is 0 Å². The van der Waals surface area contributed by atoms with Gasteiger partial charge >= 0.3 is 5.97 Å². The summed E-state index contributed by atoms with van der Waals surface area (Å²) >= 11 is 0. The van der Waals surface area contributed by atoms with Crippen molar-refractivity contribution in [2.75, 3.05) is 7.11 Å². The molecule has 2 rings (SSSR count). The van der Waals surface area contributed by atoms with Gasteiger partial charge in [0.05, 0.1) is 19.6 Å². The zero-order valence-corrected chi connectivity index (χ0v) is 11.8. The van der Waals surface area contributed by atoms with Gasteiger partial charge in [0.25, 0.3) is 5.91 Å². The third kappa shape index (κ3) is 4.27. The molecule has 1 aromatic carbocycles. The normalized spacial score (nSPS) is 16.9. The van der Waals surface area contributed by atoms with Crippen molar-refractivity contribution in [3.05, 3.63) is 35.4 Å². The van der Waals surface area contributed by atoms with Crippen molar-refractivity contribution in [1.82, 2.24) is 5.32 Å². The second kappa shape index (κ2) is 6.69. The zero-order valence-electron chi connectivity index (χ0n) is 11.8. The van der Waals surface area contributed by atoms with Crippen LogP contribution in [0.2, 0.25) is 0 Å². The summed E-state index contributed by atoms with van der Waals surface area (Å²) in [6.07, 6.45) is -0.709. The molecule has 1 fully saturated rings. The number of benzene rings is 1. The Hall–Kier alpha value is -1.92. The van der Waals surface area contributed by atoms with Gasteiger partial charge in [-0.15, -0.1) is 0 Å². The molecular formula is C15H19NO5. The number of carbonyl (C=O) groups excluding carboxylic acids is 2. The summed E-state index contributed by atoms with van der Waals surface area (Å²) in [4.78, 5) is 22.9. The number of rotatable bonds is 6. The highest BCUT2D eigenvalue weighted by Crippen LogP contribution is 2.21. The van der Waals surface area contributed by atoms with E-state index in [0.29, 0.717) is 11.1 Å². The van der Waals surface area contributed by atoms with E-state index in [9.17, 15) is 19.8 Å². The first-order chi connectivity index (χ1) is 10.0. The van der Waals surface area contributed by atoms with Crippen LogP contribution < -0.4 is 5.32 Å². The number of esters is 1. The number of aliphatic hydroxyl groups excluding tert-OH is 2. The molecule has 6 nitrogen and oxygen atoms in total. The first kappa shape index (κ1) is 15.5. The highest BCUT2D eigenvalue weighted by atomic mass is 16.5. The number of hydrogen-bond acceptors (Lipinski definition) is 5. The van der Waals surface area contributed by atoms with Gasteiger partial charge in [0.2, 0.25) is 0 Å². The van der Waals surface area contributed by atoms with Crippen LogP contribution in [-0.2, 0) is 9.53 Å². The van der Waals surface area contributed by atoms with Crippen LogP contribution in [0.25, 0.3) is 0 Å². The van der Waals surface area contributed by atoms with Crippen LogP contribution >= 0.6 is 0 Å². The minimum absolute atomic E-state index is 0.145. The molecule has 3 N–H and O–H groups in total. The summed E-state index contributed by atoms with van der Waals surface area (Å²) in [5.74, 6) is -0.740. The second-order valence-corrected chi connectivity index (χ2v) is 5.16. The number of aliphatic hydroxyl groups is 2. The maximum absolute atomic E-state index is 11.8. The fourth-order valence-corrected chi connectivity index (χ4v) is 1.92. The van der Waals surface area contributed by atoms with Crippen LogP contribution in [0.1, 0.15) is 41.3 Å². The number of methoxy groups -OCH3 is 1. The molecule has 2 unspecified atom stereocenters. The lowest BCUT2D eigenvalue weighted by molar-refractivity contribution is -0.144. The SMILES string of the molecule is COC(=O)CC(O)C(O)c1ccc(C(=O)NC2CC2)cc1. The molecule has 1 aliphatic rings. The Morgan fingerprint density at radius 2 is 1.90 bits per heavy atom. The van der Waals surface area contributed by atoms with Crippen LogP contribution in [0.3, 0.4) is 0 Å². The molecule has 21 heavy (non-hydrogen) atoms. The molecular weight excluding hydrogens is 274 g/mol. The van der Waals surface area contributed by atoms with Gasteiger partial charge in [0, 0.05) is 11.6 Å². The fourth-order valence-electron chi connectivity index (χ4n) is 1.92. The Morgan fingerprint density at radius 1 is 1.29 bits per heavy atom. The Bertz CT molecular complexity index is 509. The maximum Gasteiger partial charge on any atom is 0.308 e. The molecule has 2 atom stereocenters. The highest BCUT2D eigenvalue weighted by Gasteiger charge is 2.24. The topological polar surface area (TPSA) is 95.9 Å². The lowest BCUT2D eigenvalue weighted by Gasteiger charge is -2.17. The van der Waals surface area contributed by atoms with Crippen molar-refractivity contribution < 1.29 is 24.5 Å². The molecule has 0 aliphatic heterocycles. The van der Waals surface area contributed by atoms with Gasteiger partial charge < -0.3 is 20.3 Å². The van der Waals surface area contributed by atoms with Crippen molar-refractivity contribution in [2.45, 2.75) is 37.5 Å². The standard InChI is InChI=1S/C15H19NO5/c1-21-13(18)8-12(17)14(19)9-2-4-10(5-3-9)15(20)16-11-6-7-11/h2-5,11-12,14,17,19H,6-8H2,1H3,(H,16,20). The van der Waals surface area contributed by atoms with Gasteiger partial charge in [-0.1, -0.05) is 12.1 Å². The predicted octanol–water partition coefficient (Wildman–Crippen LogP) is 0.536. The number of hydrogen-bond donors (Lipinski definition) is 3. The highest BCUT2D eigenvalue weighted by molar-refractivity contribution is 5.94. The van der Waals surface area contributed by atoms with Gasteiger partial charge in [-0.05, 0) is 30.5 Å². The average Bonchev–Trinajstić information content (AvgIpc) is 3.30.